The number of esters is 1. The van der Waals surface area contributed by atoms with Crippen LogP contribution in [0, 0.1) is 0 Å². The molecule has 1 aromatic carbocycles. The fraction of sp³-hybridized carbons (Fsp3) is 0.0769. The van der Waals surface area contributed by atoms with Crippen LogP contribution < -0.4 is 4.72 Å². The van der Waals surface area contributed by atoms with Gasteiger partial charge in [0.15, 0.2) is 5.82 Å². The lowest BCUT2D eigenvalue weighted by Crippen LogP contribution is -2.15. The van der Waals surface area contributed by atoms with E-state index in [1.807, 2.05) is 0 Å². The van der Waals surface area contributed by atoms with Crippen molar-refractivity contribution in [2.24, 2.45) is 0 Å². The highest BCUT2D eigenvalue weighted by molar-refractivity contribution is 7.92. The first-order valence-corrected chi connectivity index (χ1v) is 7.62. The topological polar surface area (TPSA) is 85.4 Å². The molecule has 0 spiro atoms. The average Bonchev–Trinajstić information content (AvgIpc) is 2.49. The smallest absolute Gasteiger partial charge is 0.337 e. The van der Waals surface area contributed by atoms with Gasteiger partial charge in [-0.25, -0.2) is 18.2 Å². The number of aromatic nitrogens is 1. The van der Waals surface area contributed by atoms with Gasteiger partial charge < -0.3 is 4.74 Å². The average molecular weight is 327 g/mol. The molecule has 21 heavy (non-hydrogen) atoms. The number of pyridine rings is 1. The number of anilines is 1. The third kappa shape index (κ3) is 3.50. The Balaban J connectivity index is 2.36. The fourth-order valence-electron chi connectivity index (χ4n) is 1.56. The molecule has 0 saturated heterocycles. The molecule has 1 aromatic heterocycles. The van der Waals surface area contributed by atoms with Gasteiger partial charge in [-0.15, -0.1) is 0 Å². The van der Waals surface area contributed by atoms with Crippen molar-refractivity contribution in [3.8, 4) is 0 Å². The van der Waals surface area contributed by atoms with Gasteiger partial charge in [-0.2, -0.15) is 0 Å². The van der Waals surface area contributed by atoms with Gasteiger partial charge in [0.1, 0.15) is 0 Å². The maximum absolute atomic E-state index is 12.3. The Bertz CT molecular complexity index is 777. The van der Waals surface area contributed by atoms with Crippen molar-refractivity contribution >= 4 is 33.4 Å². The first-order valence-electron chi connectivity index (χ1n) is 5.76. The maximum atomic E-state index is 12.3. The van der Waals surface area contributed by atoms with Gasteiger partial charge in [0, 0.05) is 6.20 Å². The van der Waals surface area contributed by atoms with Crippen LogP contribution in [0.4, 0.5) is 5.82 Å². The van der Waals surface area contributed by atoms with Gasteiger partial charge >= 0.3 is 5.97 Å². The Hall–Kier alpha value is -2.12. The van der Waals surface area contributed by atoms with Crippen molar-refractivity contribution in [2.75, 3.05) is 11.8 Å². The maximum Gasteiger partial charge on any atom is 0.337 e. The molecule has 2 aromatic rings. The van der Waals surface area contributed by atoms with E-state index >= 15 is 0 Å². The van der Waals surface area contributed by atoms with E-state index in [1.165, 1.54) is 43.6 Å². The molecular formula is C13H11ClN2O4S. The number of methoxy groups -OCH3 is 1. The molecule has 2 rings (SSSR count). The SMILES string of the molecule is COC(=O)c1cccc(S(=O)(=O)Nc2ncccc2Cl)c1. The summed E-state index contributed by atoms with van der Waals surface area (Å²) in [6.45, 7) is 0. The van der Waals surface area contributed by atoms with Crippen molar-refractivity contribution in [1.82, 2.24) is 4.98 Å². The summed E-state index contributed by atoms with van der Waals surface area (Å²) < 4.78 is 31.3. The van der Waals surface area contributed by atoms with E-state index in [-0.39, 0.29) is 21.3 Å². The highest BCUT2D eigenvalue weighted by Crippen LogP contribution is 2.22. The number of carbonyl (C=O) groups is 1. The Labute approximate surface area is 126 Å². The molecule has 6 nitrogen and oxygen atoms in total. The number of rotatable bonds is 4. The molecule has 0 amide bonds. The molecule has 110 valence electrons. The molecule has 8 heteroatoms. The minimum Gasteiger partial charge on any atom is -0.465 e. The summed E-state index contributed by atoms with van der Waals surface area (Å²) in [7, 11) is -2.69. The van der Waals surface area contributed by atoms with Crippen LogP contribution in [-0.2, 0) is 14.8 Å². The number of hydrogen-bond donors (Lipinski definition) is 1. The summed E-state index contributed by atoms with van der Waals surface area (Å²) in [4.78, 5) is 15.2. The second-order valence-electron chi connectivity index (χ2n) is 3.96. The number of carbonyl (C=O) groups excluding carboxylic acids is 1. The Morgan fingerprint density at radius 3 is 2.71 bits per heavy atom. The van der Waals surface area contributed by atoms with E-state index in [1.54, 1.807) is 6.07 Å². The van der Waals surface area contributed by atoms with Gasteiger partial charge in [0.05, 0.1) is 22.6 Å². The predicted octanol–water partition coefficient (Wildman–Crippen LogP) is 2.32. The molecule has 0 aliphatic heterocycles. The quantitative estimate of drug-likeness (QED) is 0.871. The molecule has 1 N–H and O–H groups in total. The molecule has 0 atom stereocenters. The number of halogens is 1. The number of hydrogen-bond acceptors (Lipinski definition) is 5. The second-order valence-corrected chi connectivity index (χ2v) is 6.05. The molecule has 0 unspecified atom stereocenters. The molecule has 0 saturated carbocycles. The van der Waals surface area contributed by atoms with Crippen LogP contribution in [0.3, 0.4) is 0 Å². The third-order valence-electron chi connectivity index (χ3n) is 2.55. The van der Waals surface area contributed by atoms with Crippen LogP contribution in [0.25, 0.3) is 0 Å². The zero-order chi connectivity index (χ0) is 15.5. The Kier molecular flexibility index (Phi) is 4.44. The van der Waals surface area contributed by atoms with Crippen LogP contribution in [-0.4, -0.2) is 26.5 Å². The van der Waals surface area contributed by atoms with Crippen LogP contribution in [0.15, 0.2) is 47.5 Å². The summed E-state index contributed by atoms with van der Waals surface area (Å²) in [5.41, 5.74) is 0.132. The van der Waals surface area contributed by atoms with Crippen molar-refractivity contribution in [3.63, 3.8) is 0 Å². The molecule has 0 aliphatic carbocycles. The van der Waals surface area contributed by atoms with E-state index in [0.717, 1.165) is 0 Å². The van der Waals surface area contributed by atoms with E-state index in [0.29, 0.717) is 0 Å². The minimum atomic E-state index is -3.90. The monoisotopic (exact) mass is 326 g/mol. The molecule has 0 radical (unpaired) electrons. The van der Waals surface area contributed by atoms with Gasteiger partial charge in [-0.1, -0.05) is 17.7 Å². The van der Waals surface area contributed by atoms with Crippen molar-refractivity contribution in [1.29, 1.82) is 0 Å². The number of benzene rings is 1. The standard InChI is InChI=1S/C13H11ClN2O4S/c1-20-13(17)9-4-2-5-10(8-9)21(18,19)16-12-11(14)6-3-7-15-12/h2-8H,1H3,(H,15,16). The van der Waals surface area contributed by atoms with Gasteiger partial charge in [-0.05, 0) is 30.3 Å². The van der Waals surface area contributed by atoms with Gasteiger partial charge in [-0.3, -0.25) is 4.72 Å². The number of nitrogens with zero attached hydrogens (tertiary/aromatic N) is 1. The summed E-state index contributed by atoms with van der Waals surface area (Å²) >= 11 is 5.86. The zero-order valence-corrected chi connectivity index (χ0v) is 12.5. The molecular weight excluding hydrogens is 316 g/mol. The van der Waals surface area contributed by atoms with Crippen molar-refractivity contribution in [2.45, 2.75) is 4.90 Å². The number of ether oxygens (including phenoxy) is 1. The third-order valence-corrected chi connectivity index (χ3v) is 4.20. The fourth-order valence-corrected chi connectivity index (χ4v) is 2.85. The summed E-state index contributed by atoms with van der Waals surface area (Å²) in [5.74, 6) is -0.606. The van der Waals surface area contributed by atoms with Gasteiger partial charge in [0.25, 0.3) is 10.0 Å². The number of sulfonamides is 1. The molecule has 0 aliphatic rings. The first kappa shape index (κ1) is 15.3. The number of nitrogens with one attached hydrogen (secondary N) is 1. The lowest BCUT2D eigenvalue weighted by molar-refractivity contribution is 0.0600. The summed E-state index contributed by atoms with van der Waals surface area (Å²) in [5, 5.41) is 0.171. The van der Waals surface area contributed by atoms with Crippen LogP contribution >= 0.6 is 11.6 Å². The first-order chi connectivity index (χ1) is 9.94. The summed E-state index contributed by atoms with van der Waals surface area (Å²) in [6.07, 6.45) is 1.41. The van der Waals surface area contributed by atoms with Gasteiger partial charge in [0.2, 0.25) is 0 Å². The highest BCUT2D eigenvalue weighted by atomic mass is 35.5. The Morgan fingerprint density at radius 2 is 2.05 bits per heavy atom. The van der Waals surface area contributed by atoms with Crippen molar-refractivity contribution in [3.05, 3.63) is 53.2 Å². The molecule has 0 bridgehead atoms. The van der Waals surface area contributed by atoms with E-state index in [4.69, 9.17) is 11.6 Å². The van der Waals surface area contributed by atoms with Crippen LogP contribution in [0.5, 0.6) is 0 Å². The normalized spacial score (nSPS) is 11.0. The van der Waals surface area contributed by atoms with E-state index < -0.39 is 16.0 Å². The summed E-state index contributed by atoms with van der Waals surface area (Å²) in [6, 6.07) is 8.56. The highest BCUT2D eigenvalue weighted by Gasteiger charge is 2.18. The lowest BCUT2D eigenvalue weighted by atomic mass is 10.2. The lowest BCUT2D eigenvalue weighted by Gasteiger charge is -2.09. The largest absolute Gasteiger partial charge is 0.465 e. The van der Waals surface area contributed by atoms with E-state index in [2.05, 4.69) is 14.4 Å². The van der Waals surface area contributed by atoms with Crippen LogP contribution in [0.1, 0.15) is 10.4 Å². The molecule has 1 heterocycles. The predicted molar refractivity (Wildman–Crippen MR) is 77.8 cm³/mol. The van der Waals surface area contributed by atoms with Crippen molar-refractivity contribution < 1.29 is 17.9 Å². The zero-order valence-electron chi connectivity index (χ0n) is 10.9. The second kappa shape index (κ2) is 6.11. The Morgan fingerprint density at radius 1 is 1.29 bits per heavy atom. The van der Waals surface area contributed by atoms with E-state index in [9.17, 15) is 13.2 Å². The molecule has 0 fully saturated rings. The van der Waals surface area contributed by atoms with Crippen LogP contribution in [0.2, 0.25) is 5.02 Å². The minimum absolute atomic E-state index is 0.0163.